The van der Waals surface area contributed by atoms with Crippen LogP contribution in [-0.2, 0) is 19.1 Å². The van der Waals surface area contributed by atoms with Gasteiger partial charge in [-0.1, -0.05) is 145 Å². The maximum atomic E-state index is 14.4. The van der Waals surface area contributed by atoms with Crippen LogP contribution in [0.5, 0.6) is 23.0 Å². The summed E-state index contributed by atoms with van der Waals surface area (Å²) in [5.41, 5.74) is 1.53. The van der Waals surface area contributed by atoms with Gasteiger partial charge in [-0.3, -0.25) is 0 Å². The Morgan fingerprint density at radius 1 is 0.467 bits per heavy atom. The Balaban J connectivity index is 2.73. The normalized spacial score (nSPS) is 13.9. The van der Waals surface area contributed by atoms with Gasteiger partial charge in [0.15, 0.2) is 23.0 Å². The van der Waals surface area contributed by atoms with E-state index >= 15 is 0 Å². The fourth-order valence-electron chi connectivity index (χ4n) is 7.16. The summed E-state index contributed by atoms with van der Waals surface area (Å²) in [6, 6.07) is 11.2. The molecule has 8 heteroatoms. The molecule has 2 rings (SSSR count). The van der Waals surface area contributed by atoms with E-state index in [1.807, 2.05) is 36.4 Å². The monoisotopic (exact) mass is 835 g/mol. The molecule has 60 heavy (non-hydrogen) atoms. The maximum absolute atomic E-state index is 14.4. The lowest BCUT2D eigenvalue weighted by Crippen LogP contribution is -2.21. The minimum atomic E-state index is -0.586. The maximum Gasteiger partial charge on any atom is 0.339 e. The van der Waals surface area contributed by atoms with Crippen molar-refractivity contribution in [1.82, 2.24) is 0 Å². The molecule has 0 aromatic heterocycles. The van der Waals surface area contributed by atoms with Crippen molar-refractivity contribution in [2.24, 2.45) is 23.7 Å². The van der Waals surface area contributed by atoms with Gasteiger partial charge in [-0.15, -0.1) is 0 Å². The van der Waals surface area contributed by atoms with Crippen molar-refractivity contribution >= 4 is 24.1 Å². The van der Waals surface area contributed by atoms with Crippen LogP contribution >= 0.6 is 0 Å². The Labute approximate surface area is 365 Å². The predicted molar refractivity (Wildman–Crippen MR) is 248 cm³/mol. The van der Waals surface area contributed by atoms with E-state index in [0.717, 1.165) is 89.9 Å². The number of rotatable bonds is 33. The van der Waals surface area contributed by atoms with Crippen LogP contribution in [0.2, 0.25) is 0 Å². The van der Waals surface area contributed by atoms with E-state index in [-0.39, 0.29) is 36.2 Å². The molecule has 2 aromatic rings. The quantitative estimate of drug-likeness (QED) is 0.0399. The fraction of sp³-hybridized carbons (Fsp3) is 0.654. The van der Waals surface area contributed by atoms with Crippen molar-refractivity contribution < 1.29 is 38.0 Å². The molecule has 0 heterocycles. The summed E-state index contributed by atoms with van der Waals surface area (Å²) < 4.78 is 36.4. The van der Waals surface area contributed by atoms with Crippen molar-refractivity contribution in [3.05, 3.63) is 58.7 Å². The molecule has 4 unspecified atom stereocenters. The molecule has 0 N–H and O–H groups in total. The smallest absolute Gasteiger partial charge is 0.339 e. The lowest BCUT2D eigenvalue weighted by molar-refractivity contribution is -0.143. The molecule has 0 fully saturated rings. The zero-order valence-corrected chi connectivity index (χ0v) is 39.3. The van der Waals surface area contributed by atoms with Gasteiger partial charge >= 0.3 is 11.9 Å². The van der Waals surface area contributed by atoms with Crippen LogP contribution in [0.25, 0.3) is 12.2 Å². The number of hydrogen-bond acceptors (Lipinski definition) is 8. The molecular weight excluding hydrogens is 753 g/mol. The van der Waals surface area contributed by atoms with Crippen molar-refractivity contribution in [2.75, 3.05) is 40.6 Å². The molecule has 0 spiro atoms. The molecule has 0 saturated heterocycles. The number of unbranched alkanes of at least 4 members (excludes halogenated alkanes) is 4. The minimum Gasteiger partial charge on any atom is -0.493 e. The molecule has 0 aliphatic carbocycles. The SMILES string of the molecule is CCCCC(CC)COC(=O)C(=C\c1ccc(OCC(CC)CCCC)c(OC)c1)/C(=C/c1ccc(OCC(CC)CCCC)c(OC)c1)C(=O)OCC(CC)CCCC. The number of esters is 2. The first-order valence-corrected chi connectivity index (χ1v) is 23.5. The van der Waals surface area contributed by atoms with Gasteiger partial charge in [0.1, 0.15) is 0 Å². The second-order valence-corrected chi connectivity index (χ2v) is 16.4. The second kappa shape index (κ2) is 31.0. The van der Waals surface area contributed by atoms with Crippen molar-refractivity contribution in [3.63, 3.8) is 0 Å². The number of hydrogen-bond donors (Lipinski definition) is 0. The van der Waals surface area contributed by atoms with Gasteiger partial charge in [0.2, 0.25) is 0 Å². The van der Waals surface area contributed by atoms with Crippen LogP contribution in [0.15, 0.2) is 47.5 Å². The van der Waals surface area contributed by atoms with Crippen LogP contribution in [0.1, 0.15) is 169 Å². The summed E-state index contributed by atoms with van der Waals surface area (Å²) in [5, 5.41) is 0. The molecule has 0 bridgehead atoms. The molecule has 0 saturated carbocycles. The number of ether oxygens (including phenoxy) is 6. The van der Waals surface area contributed by atoms with E-state index in [4.69, 9.17) is 28.4 Å². The highest BCUT2D eigenvalue weighted by molar-refractivity contribution is 6.12. The first kappa shape index (κ1) is 52.2. The summed E-state index contributed by atoms with van der Waals surface area (Å²) >= 11 is 0. The summed E-state index contributed by atoms with van der Waals surface area (Å²) in [6.45, 7) is 19.1. The van der Waals surface area contributed by atoms with E-state index in [1.54, 1.807) is 26.4 Å². The Kier molecular flexibility index (Phi) is 27.0. The van der Waals surface area contributed by atoms with Crippen LogP contribution in [-0.4, -0.2) is 52.6 Å². The van der Waals surface area contributed by atoms with Gasteiger partial charge in [0.25, 0.3) is 0 Å². The lowest BCUT2D eigenvalue weighted by atomic mass is 9.98. The molecule has 2 aromatic carbocycles. The Morgan fingerprint density at radius 2 is 0.783 bits per heavy atom. The third-order valence-electron chi connectivity index (χ3n) is 11.7. The van der Waals surface area contributed by atoms with E-state index in [0.29, 0.717) is 59.2 Å². The highest BCUT2D eigenvalue weighted by atomic mass is 16.5. The minimum absolute atomic E-state index is 0.106. The largest absolute Gasteiger partial charge is 0.493 e. The molecule has 4 atom stereocenters. The number of benzene rings is 2. The third kappa shape index (κ3) is 18.8. The van der Waals surface area contributed by atoms with Gasteiger partial charge in [-0.25, -0.2) is 9.59 Å². The van der Waals surface area contributed by atoms with Gasteiger partial charge in [0.05, 0.1) is 51.8 Å². The highest BCUT2D eigenvalue weighted by Gasteiger charge is 2.26. The lowest BCUT2D eigenvalue weighted by Gasteiger charge is -2.19. The van der Waals surface area contributed by atoms with Crippen LogP contribution in [0.3, 0.4) is 0 Å². The van der Waals surface area contributed by atoms with Crippen LogP contribution < -0.4 is 18.9 Å². The first-order valence-electron chi connectivity index (χ1n) is 23.5. The van der Waals surface area contributed by atoms with E-state index < -0.39 is 11.9 Å². The van der Waals surface area contributed by atoms with E-state index in [2.05, 4.69) is 55.4 Å². The zero-order valence-electron chi connectivity index (χ0n) is 39.3. The molecule has 0 aliphatic rings. The van der Waals surface area contributed by atoms with Crippen LogP contribution in [0, 0.1) is 23.7 Å². The van der Waals surface area contributed by atoms with E-state index in [9.17, 15) is 9.59 Å². The number of carbonyl (C=O) groups is 2. The molecule has 0 radical (unpaired) electrons. The zero-order chi connectivity index (χ0) is 44.1. The molecular formula is C52H82O8. The second-order valence-electron chi connectivity index (χ2n) is 16.4. The third-order valence-corrected chi connectivity index (χ3v) is 11.7. The molecule has 338 valence electrons. The topological polar surface area (TPSA) is 89.5 Å². The Morgan fingerprint density at radius 3 is 1.07 bits per heavy atom. The van der Waals surface area contributed by atoms with Crippen molar-refractivity contribution in [1.29, 1.82) is 0 Å². The van der Waals surface area contributed by atoms with Crippen molar-refractivity contribution in [3.8, 4) is 23.0 Å². The van der Waals surface area contributed by atoms with Gasteiger partial charge in [-0.2, -0.15) is 0 Å². The summed E-state index contributed by atoms with van der Waals surface area (Å²) in [5.74, 6) is 2.51. The Hall–Kier alpha value is -3.94. The summed E-state index contributed by atoms with van der Waals surface area (Å²) in [4.78, 5) is 28.8. The highest BCUT2D eigenvalue weighted by Crippen LogP contribution is 2.34. The summed E-state index contributed by atoms with van der Waals surface area (Å²) in [7, 11) is 3.22. The van der Waals surface area contributed by atoms with Gasteiger partial charge in [-0.05, 0) is 96.9 Å². The standard InChI is InChI=1S/C52H82O8/c1-11-19-23-39(15-5)35-57-47-29-27-43(33-49(47)55-9)31-45(51(53)59-37-41(17-7)25-21-13-3)46(52(54)60-38-42(18-8)26-22-14-4)32-44-28-30-48(50(34-44)56-10)58-36-40(16-6)24-20-12-2/h27-34,39-42H,11-26,35-38H2,1-10H3/b45-31-,46-32-. The van der Waals surface area contributed by atoms with Gasteiger partial charge < -0.3 is 28.4 Å². The number of carbonyl (C=O) groups excluding carboxylic acids is 2. The fourth-order valence-corrected chi connectivity index (χ4v) is 7.16. The summed E-state index contributed by atoms with van der Waals surface area (Å²) in [6.07, 6.45) is 20.3. The average molecular weight is 835 g/mol. The Bertz CT molecular complexity index is 1450. The average Bonchev–Trinajstić information content (AvgIpc) is 3.27. The van der Waals surface area contributed by atoms with Gasteiger partial charge in [0, 0.05) is 0 Å². The molecule has 0 aliphatic heterocycles. The van der Waals surface area contributed by atoms with E-state index in [1.165, 1.54) is 12.8 Å². The first-order chi connectivity index (χ1) is 29.1. The van der Waals surface area contributed by atoms with Crippen molar-refractivity contribution in [2.45, 2.75) is 158 Å². The number of methoxy groups -OCH3 is 2. The van der Waals surface area contributed by atoms with Crippen LogP contribution in [0.4, 0.5) is 0 Å². The molecule has 8 nitrogen and oxygen atoms in total. The predicted octanol–water partition coefficient (Wildman–Crippen LogP) is 13.9. The molecule has 0 amide bonds.